The van der Waals surface area contributed by atoms with Crippen molar-refractivity contribution in [2.75, 3.05) is 11.5 Å². The predicted octanol–water partition coefficient (Wildman–Crippen LogP) is 5.68. The molecule has 0 aliphatic heterocycles. The van der Waals surface area contributed by atoms with Crippen molar-refractivity contribution >= 4 is 35.1 Å². The van der Waals surface area contributed by atoms with Gasteiger partial charge in [0.15, 0.2) is 0 Å². The van der Waals surface area contributed by atoms with Crippen LogP contribution in [0.15, 0.2) is 85.1 Å². The van der Waals surface area contributed by atoms with E-state index in [1.54, 1.807) is 0 Å². The lowest BCUT2D eigenvalue weighted by molar-refractivity contribution is 0.996. The van der Waals surface area contributed by atoms with Crippen molar-refractivity contribution in [2.45, 2.75) is 6.42 Å². The molecule has 0 saturated heterocycles. The van der Waals surface area contributed by atoms with Crippen molar-refractivity contribution in [1.29, 1.82) is 0 Å². The van der Waals surface area contributed by atoms with Crippen LogP contribution in [0.5, 0.6) is 0 Å². The van der Waals surface area contributed by atoms with Gasteiger partial charge < -0.3 is 11.5 Å². The van der Waals surface area contributed by atoms with Crippen LogP contribution in [0.25, 0.3) is 12.2 Å². The Bertz CT molecular complexity index is 1040. The van der Waals surface area contributed by atoms with E-state index >= 15 is 0 Å². The number of aromatic amines is 1. The molecule has 4 rings (SSSR count). The minimum atomic E-state index is 0.621. The van der Waals surface area contributed by atoms with E-state index in [0.29, 0.717) is 11.4 Å². The number of nitrogens with zero attached hydrogens (tertiary/aromatic N) is 1. The number of rotatable bonds is 4. The van der Waals surface area contributed by atoms with Crippen molar-refractivity contribution in [3.8, 4) is 0 Å². The van der Waals surface area contributed by atoms with Gasteiger partial charge in [-0.15, -0.1) is 0 Å². The van der Waals surface area contributed by atoms with Crippen LogP contribution in [-0.4, -0.2) is 10.2 Å². The summed E-state index contributed by atoms with van der Waals surface area (Å²) in [5.41, 5.74) is 17.1. The van der Waals surface area contributed by atoms with E-state index in [1.165, 1.54) is 5.56 Å². The summed E-state index contributed by atoms with van der Waals surface area (Å²) >= 11 is 5.77. The van der Waals surface area contributed by atoms with E-state index in [9.17, 15) is 0 Å². The number of anilines is 2. The highest BCUT2D eigenvalue weighted by Gasteiger charge is 1.97. The van der Waals surface area contributed by atoms with Crippen LogP contribution in [0.3, 0.4) is 0 Å². The van der Waals surface area contributed by atoms with Crippen LogP contribution >= 0.6 is 11.6 Å². The zero-order valence-electron chi connectivity index (χ0n) is 15.9. The number of H-pyrrole nitrogens is 1. The van der Waals surface area contributed by atoms with Crippen LogP contribution in [-0.2, 0) is 6.42 Å². The predicted molar refractivity (Wildman–Crippen MR) is 123 cm³/mol. The third kappa shape index (κ3) is 6.55. The Kier molecular flexibility index (Phi) is 7.09. The maximum Gasteiger partial charge on any atom is 0.0665 e. The Morgan fingerprint density at radius 2 is 1.52 bits per heavy atom. The molecule has 0 atom stereocenters. The van der Waals surface area contributed by atoms with Crippen molar-refractivity contribution in [3.63, 3.8) is 0 Å². The molecule has 146 valence electrons. The first kappa shape index (κ1) is 20.2. The first-order valence-corrected chi connectivity index (χ1v) is 9.59. The van der Waals surface area contributed by atoms with Crippen molar-refractivity contribution in [3.05, 3.63) is 112 Å². The molecule has 0 aliphatic rings. The smallest absolute Gasteiger partial charge is 0.0665 e. The van der Waals surface area contributed by atoms with Crippen LogP contribution in [0, 0.1) is 0 Å². The average Bonchev–Trinajstić information content (AvgIpc) is 3.25. The molecule has 4 nitrogen and oxygen atoms in total. The molecule has 0 bridgehead atoms. The van der Waals surface area contributed by atoms with Crippen molar-refractivity contribution in [2.24, 2.45) is 0 Å². The van der Waals surface area contributed by atoms with E-state index in [2.05, 4.69) is 22.3 Å². The van der Waals surface area contributed by atoms with Gasteiger partial charge in [0.1, 0.15) is 0 Å². The fourth-order valence-electron chi connectivity index (χ4n) is 2.65. The molecule has 29 heavy (non-hydrogen) atoms. The quantitative estimate of drug-likeness (QED) is 0.303. The normalized spacial score (nSPS) is 10.5. The molecule has 0 aliphatic carbocycles. The molecular weight excluding hydrogens is 380 g/mol. The Labute approximate surface area is 175 Å². The van der Waals surface area contributed by atoms with Gasteiger partial charge >= 0.3 is 0 Å². The third-order valence-electron chi connectivity index (χ3n) is 4.24. The van der Waals surface area contributed by atoms with Crippen LogP contribution in [0.2, 0.25) is 5.02 Å². The molecule has 1 aromatic heterocycles. The van der Waals surface area contributed by atoms with Gasteiger partial charge in [0.25, 0.3) is 0 Å². The van der Waals surface area contributed by atoms with Gasteiger partial charge in [-0.2, -0.15) is 5.10 Å². The van der Waals surface area contributed by atoms with Crippen LogP contribution in [0.4, 0.5) is 11.4 Å². The minimum Gasteiger partial charge on any atom is -0.397 e. The van der Waals surface area contributed by atoms with Gasteiger partial charge in [-0.25, -0.2) is 0 Å². The van der Waals surface area contributed by atoms with Crippen molar-refractivity contribution in [1.82, 2.24) is 10.2 Å². The first-order chi connectivity index (χ1) is 14.1. The highest BCUT2D eigenvalue weighted by atomic mass is 35.5. The second-order valence-electron chi connectivity index (χ2n) is 6.50. The summed E-state index contributed by atoms with van der Waals surface area (Å²) in [6.45, 7) is 0. The molecule has 0 saturated carbocycles. The number of nitrogens with one attached hydrogen (secondary N) is 1. The average molecular weight is 403 g/mol. The van der Waals surface area contributed by atoms with Gasteiger partial charge in [-0.3, -0.25) is 5.10 Å². The zero-order valence-corrected chi connectivity index (χ0v) is 16.7. The SMILES string of the molecule is Clc1ccc(Cc2cc[nH]n2)cc1.Nc1ccc(C=Cc2ccccc2)cc1N. The van der Waals surface area contributed by atoms with E-state index in [0.717, 1.165) is 28.3 Å². The number of aromatic nitrogens is 2. The summed E-state index contributed by atoms with van der Waals surface area (Å²) in [4.78, 5) is 0. The number of nitrogen functional groups attached to an aromatic ring is 2. The molecule has 0 fully saturated rings. The van der Waals surface area contributed by atoms with Crippen molar-refractivity contribution < 1.29 is 0 Å². The van der Waals surface area contributed by atoms with E-state index in [-0.39, 0.29) is 0 Å². The molecule has 4 aromatic rings. The number of halogens is 1. The van der Waals surface area contributed by atoms with Gasteiger partial charge in [0, 0.05) is 17.6 Å². The fraction of sp³-hybridized carbons (Fsp3) is 0.0417. The third-order valence-corrected chi connectivity index (χ3v) is 4.49. The summed E-state index contributed by atoms with van der Waals surface area (Å²) in [6, 6.07) is 25.5. The molecular formula is C24H23ClN4. The second kappa shape index (κ2) is 10.2. The highest BCUT2D eigenvalue weighted by molar-refractivity contribution is 6.30. The summed E-state index contributed by atoms with van der Waals surface area (Å²) in [5, 5.41) is 7.63. The van der Waals surface area contributed by atoms with Gasteiger partial charge in [-0.1, -0.05) is 72.3 Å². The fourth-order valence-corrected chi connectivity index (χ4v) is 2.78. The summed E-state index contributed by atoms with van der Waals surface area (Å²) in [6.07, 6.45) is 6.74. The lowest BCUT2D eigenvalue weighted by atomic mass is 10.1. The molecule has 5 heteroatoms. The largest absolute Gasteiger partial charge is 0.397 e. The van der Waals surface area contributed by atoms with Crippen LogP contribution in [0.1, 0.15) is 22.4 Å². The van der Waals surface area contributed by atoms with Gasteiger partial charge in [0.2, 0.25) is 0 Å². The maximum absolute atomic E-state index is 5.77. The minimum absolute atomic E-state index is 0.621. The number of nitrogens with two attached hydrogens (primary N) is 2. The lowest BCUT2D eigenvalue weighted by Gasteiger charge is -2.00. The number of hydrogen-bond donors (Lipinski definition) is 3. The highest BCUT2D eigenvalue weighted by Crippen LogP contribution is 2.18. The molecule has 3 aromatic carbocycles. The first-order valence-electron chi connectivity index (χ1n) is 9.21. The van der Waals surface area contributed by atoms with Gasteiger partial charge in [-0.05, 0) is 47.0 Å². The van der Waals surface area contributed by atoms with E-state index in [4.69, 9.17) is 23.1 Å². The Morgan fingerprint density at radius 1 is 0.793 bits per heavy atom. The monoisotopic (exact) mass is 402 g/mol. The Balaban J connectivity index is 0.000000169. The molecule has 0 unspecified atom stereocenters. The Hall–Kier alpha value is -3.50. The van der Waals surface area contributed by atoms with E-state index in [1.807, 2.05) is 85.1 Å². The van der Waals surface area contributed by atoms with E-state index < -0.39 is 0 Å². The van der Waals surface area contributed by atoms with Crippen LogP contribution < -0.4 is 11.5 Å². The second-order valence-corrected chi connectivity index (χ2v) is 6.94. The summed E-state index contributed by atoms with van der Waals surface area (Å²) in [5.74, 6) is 0. The zero-order chi connectivity index (χ0) is 20.5. The molecule has 0 radical (unpaired) electrons. The summed E-state index contributed by atoms with van der Waals surface area (Å²) < 4.78 is 0. The maximum atomic E-state index is 5.77. The molecule has 1 heterocycles. The molecule has 0 spiro atoms. The number of benzene rings is 3. The lowest BCUT2D eigenvalue weighted by Crippen LogP contribution is -1.93. The molecule has 0 amide bonds. The van der Waals surface area contributed by atoms with Gasteiger partial charge in [0.05, 0.1) is 17.1 Å². The summed E-state index contributed by atoms with van der Waals surface area (Å²) in [7, 11) is 0. The Morgan fingerprint density at radius 3 is 2.17 bits per heavy atom. The standard InChI is InChI=1S/C14H14N2.C10H9ClN2/c15-13-9-8-12(10-14(13)16)7-6-11-4-2-1-3-5-11;11-9-3-1-8(2-4-9)7-10-5-6-12-13-10/h1-10H,15-16H2;1-6H,7H2,(H,12,13). The number of hydrogen-bond acceptors (Lipinski definition) is 3. The molecule has 5 N–H and O–H groups in total. The topological polar surface area (TPSA) is 80.7 Å².